The standard InChI is InChI=1S/C31H34N2O5/c1-7-38-24-15-13-23(14-16-24)33-28(20-8-11-22(12-9-20)32(4)5)27(30(35)31(33)36)29(34)21-10-17-26(37-6)25(18-21)19(2)3/h8-19,28,34H,7H2,1-6H3/b29-27-. The molecule has 3 aromatic rings. The third-order valence-electron chi connectivity index (χ3n) is 6.72. The Morgan fingerprint density at radius 3 is 2.21 bits per heavy atom. The van der Waals surface area contributed by atoms with E-state index in [1.165, 1.54) is 4.90 Å². The second-order valence-electron chi connectivity index (χ2n) is 9.69. The summed E-state index contributed by atoms with van der Waals surface area (Å²) in [5.41, 5.74) is 3.61. The van der Waals surface area contributed by atoms with Gasteiger partial charge in [0.15, 0.2) is 0 Å². The van der Waals surface area contributed by atoms with Gasteiger partial charge in [-0.2, -0.15) is 0 Å². The minimum absolute atomic E-state index is 0.0429. The van der Waals surface area contributed by atoms with E-state index >= 15 is 0 Å². The Kier molecular flexibility index (Phi) is 7.76. The first-order valence-electron chi connectivity index (χ1n) is 12.7. The van der Waals surface area contributed by atoms with Gasteiger partial charge < -0.3 is 19.5 Å². The van der Waals surface area contributed by atoms with Crippen LogP contribution in [0.2, 0.25) is 0 Å². The van der Waals surface area contributed by atoms with Crippen LogP contribution in [0.3, 0.4) is 0 Å². The number of aliphatic hydroxyl groups is 1. The highest BCUT2D eigenvalue weighted by Gasteiger charge is 2.47. The van der Waals surface area contributed by atoms with Gasteiger partial charge in [-0.05, 0) is 78.6 Å². The number of nitrogens with zero attached hydrogens (tertiary/aromatic N) is 2. The van der Waals surface area contributed by atoms with E-state index in [-0.39, 0.29) is 17.3 Å². The van der Waals surface area contributed by atoms with Crippen molar-refractivity contribution in [2.45, 2.75) is 32.7 Å². The smallest absolute Gasteiger partial charge is 0.300 e. The van der Waals surface area contributed by atoms with Gasteiger partial charge in [0.2, 0.25) is 0 Å². The Morgan fingerprint density at radius 1 is 1.00 bits per heavy atom. The monoisotopic (exact) mass is 514 g/mol. The van der Waals surface area contributed by atoms with Crippen molar-refractivity contribution in [1.29, 1.82) is 0 Å². The van der Waals surface area contributed by atoms with Crippen LogP contribution in [0.1, 0.15) is 49.4 Å². The van der Waals surface area contributed by atoms with Crippen LogP contribution in [0.25, 0.3) is 5.76 Å². The highest BCUT2D eigenvalue weighted by molar-refractivity contribution is 6.51. The second kappa shape index (κ2) is 11.0. The van der Waals surface area contributed by atoms with Crippen LogP contribution < -0.4 is 19.3 Å². The van der Waals surface area contributed by atoms with Crippen LogP contribution in [0.5, 0.6) is 11.5 Å². The fourth-order valence-electron chi connectivity index (χ4n) is 4.73. The minimum Gasteiger partial charge on any atom is -0.507 e. The Hall–Kier alpha value is -4.26. The Labute approximate surface area is 223 Å². The molecule has 1 fully saturated rings. The molecule has 1 heterocycles. The first-order chi connectivity index (χ1) is 18.2. The lowest BCUT2D eigenvalue weighted by atomic mass is 9.93. The molecule has 7 nitrogen and oxygen atoms in total. The molecule has 1 atom stereocenters. The summed E-state index contributed by atoms with van der Waals surface area (Å²) >= 11 is 0. The lowest BCUT2D eigenvalue weighted by Crippen LogP contribution is -2.29. The predicted molar refractivity (Wildman–Crippen MR) is 150 cm³/mol. The SMILES string of the molecule is CCOc1ccc(N2C(=O)C(=O)/C(=C(\O)c3ccc(OC)c(C(C)C)c3)C2c2ccc(N(C)C)cc2)cc1. The summed E-state index contributed by atoms with van der Waals surface area (Å²) in [7, 11) is 5.48. The van der Waals surface area contributed by atoms with Gasteiger partial charge in [-0.1, -0.05) is 26.0 Å². The number of amides is 1. The summed E-state index contributed by atoms with van der Waals surface area (Å²) in [6.45, 7) is 6.47. The molecule has 0 bridgehead atoms. The minimum atomic E-state index is -0.811. The van der Waals surface area contributed by atoms with Gasteiger partial charge in [-0.25, -0.2) is 0 Å². The zero-order valence-electron chi connectivity index (χ0n) is 22.7. The first kappa shape index (κ1) is 26.8. The van der Waals surface area contributed by atoms with Crippen molar-refractivity contribution in [3.05, 3.63) is 89.0 Å². The molecule has 1 unspecified atom stereocenters. The third kappa shape index (κ3) is 4.96. The van der Waals surface area contributed by atoms with Crippen LogP contribution in [-0.2, 0) is 9.59 Å². The maximum Gasteiger partial charge on any atom is 0.300 e. The number of carbonyl (C=O) groups excluding carboxylic acids is 2. The molecule has 3 aromatic carbocycles. The number of carbonyl (C=O) groups is 2. The van der Waals surface area contributed by atoms with Crippen molar-refractivity contribution >= 4 is 28.8 Å². The zero-order valence-corrected chi connectivity index (χ0v) is 22.7. The molecule has 0 saturated carbocycles. The topological polar surface area (TPSA) is 79.3 Å². The van der Waals surface area contributed by atoms with Crippen molar-refractivity contribution in [2.24, 2.45) is 0 Å². The summed E-state index contributed by atoms with van der Waals surface area (Å²) < 4.78 is 11.0. The molecule has 0 radical (unpaired) electrons. The quantitative estimate of drug-likeness (QED) is 0.229. The number of hydrogen-bond acceptors (Lipinski definition) is 6. The Morgan fingerprint density at radius 2 is 1.66 bits per heavy atom. The van der Waals surface area contributed by atoms with E-state index in [4.69, 9.17) is 9.47 Å². The fraction of sp³-hybridized carbons (Fsp3) is 0.290. The van der Waals surface area contributed by atoms with Gasteiger partial charge in [-0.3, -0.25) is 14.5 Å². The van der Waals surface area contributed by atoms with Crippen molar-refractivity contribution in [3.8, 4) is 11.5 Å². The number of anilines is 2. The molecule has 0 aliphatic carbocycles. The molecule has 7 heteroatoms. The van der Waals surface area contributed by atoms with Crippen molar-refractivity contribution in [2.75, 3.05) is 37.6 Å². The third-order valence-corrected chi connectivity index (χ3v) is 6.72. The molecule has 1 aliphatic rings. The van der Waals surface area contributed by atoms with Crippen molar-refractivity contribution in [1.82, 2.24) is 0 Å². The maximum atomic E-state index is 13.5. The molecule has 1 saturated heterocycles. The summed E-state index contributed by atoms with van der Waals surface area (Å²) in [5, 5.41) is 11.5. The molecule has 1 amide bonds. The van der Waals surface area contributed by atoms with Gasteiger partial charge in [0.25, 0.3) is 11.7 Å². The number of hydrogen-bond donors (Lipinski definition) is 1. The number of rotatable bonds is 8. The van der Waals surface area contributed by atoms with E-state index in [1.54, 1.807) is 43.5 Å². The number of methoxy groups -OCH3 is 1. The molecule has 4 rings (SSSR count). The van der Waals surface area contributed by atoms with E-state index in [9.17, 15) is 14.7 Å². The molecule has 1 N–H and O–H groups in total. The summed E-state index contributed by atoms with van der Waals surface area (Å²) in [6.07, 6.45) is 0. The van der Waals surface area contributed by atoms with Gasteiger partial charge in [-0.15, -0.1) is 0 Å². The largest absolute Gasteiger partial charge is 0.507 e. The fourth-order valence-corrected chi connectivity index (χ4v) is 4.73. The van der Waals surface area contributed by atoms with Crippen LogP contribution in [0.15, 0.2) is 72.3 Å². The van der Waals surface area contributed by atoms with Gasteiger partial charge >= 0.3 is 0 Å². The van der Waals surface area contributed by atoms with Crippen LogP contribution in [0.4, 0.5) is 11.4 Å². The lowest BCUT2D eigenvalue weighted by Gasteiger charge is -2.26. The van der Waals surface area contributed by atoms with E-state index in [1.807, 2.05) is 70.1 Å². The Balaban J connectivity index is 1.90. The van der Waals surface area contributed by atoms with Crippen molar-refractivity contribution < 1.29 is 24.2 Å². The first-order valence-corrected chi connectivity index (χ1v) is 12.7. The summed E-state index contributed by atoms with van der Waals surface area (Å²) in [6, 6.07) is 19.1. The number of benzene rings is 3. The molecule has 0 spiro atoms. The molecule has 0 aromatic heterocycles. The Bertz CT molecular complexity index is 1360. The second-order valence-corrected chi connectivity index (χ2v) is 9.69. The number of ether oxygens (including phenoxy) is 2. The number of aliphatic hydroxyl groups excluding tert-OH is 1. The highest BCUT2D eigenvalue weighted by atomic mass is 16.5. The normalized spacial score (nSPS) is 16.7. The molecule has 38 heavy (non-hydrogen) atoms. The molecule has 198 valence electrons. The van der Waals surface area contributed by atoms with Crippen molar-refractivity contribution in [3.63, 3.8) is 0 Å². The zero-order chi connectivity index (χ0) is 27.6. The van der Waals surface area contributed by atoms with Gasteiger partial charge in [0.05, 0.1) is 25.3 Å². The number of ketones is 1. The predicted octanol–water partition coefficient (Wildman–Crippen LogP) is 5.91. The summed E-state index contributed by atoms with van der Waals surface area (Å²) in [5.74, 6) is -0.169. The maximum absolute atomic E-state index is 13.5. The molecule has 1 aliphatic heterocycles. The average molecular weight is 515 g/mol. The van der Waals surface area contributed by atoms with E-state index in [0.29, 0.717) is 34.9 Å². The van der Waals surface area contributed by atoms with Gasteiger partial charge in [0.1, 0.15) is 17.3 Å². The van der Waals surface area contributed by atoms with Crippen LogP contribution in [0, 0.1) is 0 Å². The van der Waals surface area contributed by atoms with Crippen LogP contribution in [-0.4, -0.2) is 44.6 Å². The summed E-state index contributed by atoms with van der Waals surface area (Å²) in [4.78, 5) is 30.4. The number of Topliss-reactive ketones (excluding diaryl/α,β-unsaturated/α-hetero) is 1. The van der Waals surface area contributed by atoms with E-state index < -0.39 is 17.7 Å². The van der Waals surface area contributed by atoms with Crippen LogP contribution >= 0.6 is 0 Å². The van der Waals surface area contributed by atoms with Gasteiger partial charge in [0, 0.05) is 31.0 Å². The lowest BCUT2D eigenvalue weighted by molar-refractivity contribution is -0.132. The van der Waals surface area contributed by atoms with E-state index in [0.717, 1.165) is 11.3 Å². The molecular formula is C31H34N2O5. The van der Waals surface area contributed by atoms with E-state index in [2.05, 4.69) is 0 Å². The average Bonchev–Trinajstić information content (AvgIpc) is 3.18. The highest BCUT2D eigenvalue weighted by Crippen LogP contribution is 2.43. The molecular weight excluding hydrogens is 480 g/mol.